The molecule has 0 aromatic carbocycles. The Hall–Kier alpha value is -1.16. The van der Waals surface area contributed by atoms with Crippen LogP contribution in [-0.2, 0) is 14.3 Å². The Kier molecular flexibility index (Phi) is 5.30. The molecular formula is C29H44O4. The number of esters is 1. The normalized spacial score (nSPS) is 50.8. The number of aliphatic hydroxyl groups excluding tert-OH is 1. The average Bonchev–Trinajstić information content (AvgIpc) is 2.75. The summed E-state index contributed by atoms with van der Waals surface area (Å²) in [6.45, 7) is 11.6. The van der Waals surface area contributed by atoms with Gasteiger partial charge < -0.3 is 9.84 Å². The molecule has 0 bridgehead atoms. The van der Waals surface area contributed by atoms with Crippen molar-refractivity contribution in [3.8, 4) is 0 Å². The fourth-order valence-corrected chi connectivity index (χ4v) is 10.1. The van der Waals surface area contributed by atoms with E-state index in [-0.39, 0.29) is 45.6 Å². The molecule has 4 fully saturated rings. The molecule has 0 aromatic heterocycles. The van der Waals surface area contributed by atoms with Gasteiger partial charge in [0.2, 0.25) is 0 Å². The first-order chi connectivity index (χ1) is 15.4. The van der Waals surface area contributed by atoms with Gasteiger partial charge in [-0.25, -0.2) is 0 Å². The maximum atomic E-state index is 14.1. The first-order valence-electron chi connectivity index (χ1n) is 13.4. The summed E-state index contributed by atoms with van der Waals surface area (Å²) in [5.74, 6) is 1.36. The maximum absolute atomic E-state index is 14.1. The molecule has 1 N–H and O–H groups in total. The standard InChI is InChI=1S/C29H44O4/c1-26(2)22-9-13-28(4)19-8-12-27(3)11-7-17(25(32)33-6)15-20(27)18(19)16-21(30)24(28)29(22,5)14-10-23(26)31/h16-17,19-20,22-24,31H,7-15H2,1-6H3/t17-,19?,20-,22?,23?,24?,27+,28?,29?/m0/s1. The van der Waals surface area contributed by atoms with Crippen LogP contribution in [0, 0.1) is 51.2 Å². The molecule has 184 valence electrons. The van der Waals surface area contributed by atoms with Gasteiger partial charge in [0, 0.05) is 5.92 Å². The zero-order chi connectivity index (χ0) is 24.0. The quantitative estimate of drug-likeness (QED) is 0.513. The molecule has 0 aromatic rings. The van der Waals surface area contributed by atoms with E-state index in [9.17, 15) is 14.7 Å². The lowest BCUT2D eigenvalue weighted by atomic mass is 9.37. The Morgan fingerprint density at radius 3 is 2.30 bits per heavy atom. The molecule has 4 saturated carbocycles. The summed E-state index contributed by atoms with van der Waals surface area (Å²) in [5, 5.41) is 10.8. The minimum Gasteiger partial charge on any atom is -0.469 e. The van der Waals surface area contributed by atoms with Crippen LogP contribution in [-0.4, -0.2) is 30.1 Å². The number of allylic oxidation sites excluding steroid dienone is 2. The van der Waals surface area contributed by atoms with Crippen LogP contribution in [0.5, 0.6) is 0 Å². The van der Waals surface area contributed by atoms with Gasteiger partial charge in [0.15, 0.2) is 5.78 Å². The number of hydrogen-bond donors (Lipinski definition) is 1. The van der Waals surface area contributed by atoms with Crippen LogP contribution in [0.3, 0.4) is 0 Å². The molecule has 6 unspecified atom stereocenters. The molecule has 0 saturated heterocycles. The van der Waals surface area contributed by atoms with Crippen LogP contribution < -0.4 is 0 Å². The van der Waals surface area contributed by atoms with Gasteiger partial charge in [0.25, 0.3) is 0 Å². The van der Waals surface area contributed by atoms with Crippen molar-refractivity contribution in [3.05, 3.63) is 11.6 Å². The summed E-state index contributed by atoms with van der Waals surface area (Å²) in [5.41, 5.74) is 1.31. The number of fused-ring (bicyclic) bond motifs is 7. The van der Waals surface area contributed by atoms with E-state index in [1.54, 1.807) is 0 Å². The van der Waals surface area contributed by atoms with Gasteiger partial charge in [-0.1, -0.05) is 40.2 Å². The van der Waals surface area contributed by atoms with Gasteiger partial charge in [0.1, 0.15) is 0 Å². The molecule has 0 spiro atoms. The van der Waals surface area contributed by atoms with Crippen LogP contribution in [0.4, 0.5) is 0 Å². The molecule has 9 atom stereocenters. The fourth-order valence-electron chi connectivity index (χ4n) is 10.1. The van der Waals surface area contributed by atoms with Gasteiger partial charge >= 0.3 is 5.97 Å². The number of ketones is 1. The molecule has 4 heteroatoms. The number of hydrogen-bond acceptors (Lipinski definition) is 4. The van der Waals surface area contributed by atoms with E-state index in [0.717, 1.165) is 51.4 Å². The molecule has 33 heavy (non-hydrogen) atoms. The number of carbonyl (C=O) groups is 2. The number of aliphatic hydroxyl groups is 1. The minimum atomic E-state index is -0.280. The van der Waals surface area contributed by atoms with Crippen molar-refractivity contribution >= 4 is 11.8 Å². The van der Waals surface area contributed by atoms with Gasteiger partial charge in [-0.3, -0.25) is 9.59 Å². The monoisotopic (exact) mass is 456 g/mol. The van der Waals surface area contributed by atoms with Gasteiger partial charge in [-0.05, 0) is 103 Å². The van der Waals surface area contributed by atoms with Crippen molar-refractivity contribution < 1.29 is 19.4 Å². The third kappa shape index (κ3) is 3.11. The summed E-state index contributed by atoms with van der Waals surface area (Å²) in [6.07, 6.45) is 10.8. The predicted octanol–water partition coefficient (Wildman–Crippen LogP) is 5.72. The number of carbonyl (C=O) groups excluding carboxylic acids is 2. The number of methoxy groups -OCH3 is 1. The topological polar surface area (TPSA) is 63.6 Å². The molecule has 0 radical (unpaired) electrons. The summed E-state index contributed by atoms with van der Waals surface area (Å²) < 4.78 is 5.12. The molecule has 0 heterocycles. The van der Waals surface area contributed by atoms with Crippen LogP contribution in [0.15, 0.2) is 11.6 Å². The highest BCUT2D eigenvalue weighted by Crippen LogP contribution is 2.70. The fraction of sp³-hybridized carbons (Fsp3) is 0.862. The smallest absolute Gasteiger partial charge is 0.308 e. The van der Waals surface area contributed by atoms with E-state index in [1.165, 1.54) is 19.1 Å². The lowest BCUT2D eigenvalue weighted by Gasteiger charge is -2.67. The molecule has 5 aliphatic rings. The Morgan fingerprint density at radius 2 is 1.61 bits per heavy atom. The summed E-state index contributed by atoms with van der Waals surface area (Å²) >= 11 is 0. The maximum Gasteiger partial charge on any atom is 0.308 e. The van der Waals surface area contributed by atoms with Crippen LogP contribution in [0.1, 0.15) is 92.4 Å². The average molecular weight is 457 g/mol. The largest absolute Gasteiger partial charge is 0.469 e. The van der Waals surface area contributed by atoms with E-state index in [4.69, 9.17) is 4.74 Å². The van der Waals surface area contributed by atoms with Crippen molar-refractivity contribution in [1.82, 2.24) is 0 Å². The zero-order valence-electron chi connectivity index (χ0n) is 21.6. The summed E-state index contributed by atoms with van der Waals surface area (Å²) in [7, 11) is 1.50. The highest BCUT2D eigenvalue weighted by atomic mass is 16.5. The lowest BCUT2D eigenvalue weighted by Crippen LogP contribution is -2.63. The Bertz CT molecular complexity index is 888. The van der Waals surface area contributed by atoms with Gasteiger partial charge in [0.05, 0.1) is 19.1 Å². The molecule has 0 aliphatic heterocycles. The minimum absolute atomic E-state index is 0.0235. The Labute approximate surface area is 199 Å². The summed E-state index contributed by atoms with van der Waals surface area (Å²) in [4.78, 5) is 26.5. The van der Waals surface area contributed by atoms with Crippen molar-refractivity contribution in [2.75, 3.05) is 7.11 Å². The molecule has 5 rings (SSSR count). The highest BCUT2D eigenvalue weighted by molar-refractivity contribution is 5.95. The molecule has 4 nitrogen and oxygen atoms in total. The van der Waals surface area contributed by atoms with Crippen LogP contribution >= 0.6 is 0 Å². The van der Waals surface area contributed by atoms with Crippen molar-refractivity contribution in [2.45, 2.75) is 98.5 Å². The van der Waals surface area contributed by atoms with Crippen molar-refractivity contribution in [2.24, 2.45) is 51.2 Å². The third-order valence-corrected chi connectivity index (χ3v) is 12.0. The number of ether oxygens (including phenoxy) is 1. The first kappa shape index (κ1) is 23.6. The van der Waals surface area contributed by atoms with E-state index in [0.29, 0.717) is 23.5 Å². The SMILES string of the molecule is COC(=O)[C@H]1CC[C@]2(C)CCC3C(=CC(=O)C4C3(C)CCC3C(C)(C)C(O)CCC34C)[C@@H]2C1. The third-order valence-electron chi connectivity index (χ3n) is 12.0. The highest BCUT2D eigenvalue weighted by Gasteiger charge is 2.66. The molecular weight excluding hydrogens is 412 g/mol. The van der Waals surface area contributed by atoms with E-state index in [2.05, 4.69) is 40.7 Å². The lowest BCUT2D eigenvalue weighted by molar-refractivity contribution is -0.188. The Morgan fingerprint density at radius 1 is 0.939 bits per heavy atom. The molecule has 0 amide bonds. The number of rotatable bonds is 1. The Balaban J connectivity index is 1.54. The van der Waals surface area contributed by atoms with Crippen LogP contribution in [0.25, 0.3) is 0 Å². The molecule has 5 aliphatic carbocycles. The van der Waals surface area contributed by atoms with Crippen LogP contribution in [0.2, 0.25) is 0 Å². The van der Waals surface area contributed by atoms with Gasteiger partial charge in [-0.15, -0.1) is 0 Å². The second-order valence-corrected chi connectivity index (χ2v) is 13.8. The van der Waals surface area contributed by atoms with Gasteiger partial charge in [-0.2, -0.15) is 0 Å². The predicted molar refractivity (Wildman–Crippen MR) is 128 cm³/mol. The van der Waals surface area contributed by atoms with Crippen molar-refractivity contribution in [3.63, 3.8) is 0 Å². The zero-order valence-corrected chi connectivity index (χ0v) is 21.6. The first-order valence-corrected chi connectivity index (χ1v) is 13.4. The second-order valence-electron chi connectivity index (χ2n) is 13.8. The second kappa shape index (κ2) is 7.42. The summed E-state index contributed by atoms with van der Waals surface area (Å²) in [6, 6.07) is 0. The van der Waals surface area contributed by atoms with E-state index in [1.807, 2.05) is 0 Å². The van der Waals surface area contributed by atoms with E-state index < -0.39 is 0 Å². The van der Waals surface area contributed by atoms with Crippen molar-refractivity contribution in [1.29, 1.82) is 0 Å². The van der Waals surface area contributed by atoms with E-state index >= 15 is 0 Å².